The van der Waals surface area contributed by atoms with Gasteiger partial charge in [-0.25, -0.2) is 8.42 Å². The number of fused-ring (bicyclic) bond motifs is 3. The highest BCUT2D eigenvalue weighted by atomic mass is 32.2. The molecule has 0 aliphatic carbocycles. The summed E-state index contributed by atoms with van der Waals surface area (Å²) in [5.74, 6) is 1.38. The predicted octanol–water partition coefficient (Wildman–Crippen LogP) is 2.80. The van der Waals surface area contributed by atoms with Crippen LogP contribution in [0.5, 0.6) is 11.5 Å². The van der Waals surface area contributed by atoms with Crippen LogP contribution in [0.4, 0.5) is 0 Å². The van der Waals surface area contributed by atoms with Gasteiger partial charge in [-0.05, 0) is 46.5 Å². The van der Waals surface area contributed by atoms with Crippen LogP contribution in [0.1, 0.15) is 11.1 Å². The number of ether oxygens (including phenoxy) is 2. The molecule has 21 heavy (non-hydrogen) atoms. The molecule has 5 heteroatoms. The fourth-order valence-corrected chi connectivity index (χ4v) is 4.21. The molecular formula is C16H16O4S. The van der Waals surface area contributed by atoms with E-state index in [2.05, 4.69) is 0 Å². The van der Waals surface area contributed by atoms with Gasteiger partial charge in [-0.1, -0.05) is 12.1 Å². The van der Waals surface area contributed by atoms with Gasteiger partial charge in [0.2, 0.25) is 0 Å². The van der Waals surface area contributed by atoms with Gasteiger partial charge in [0.05, 0.1) is 25.7 Å². The molecular weight excluding hydrogens is 288 g/mol. The molecule has 0 aromatic heterocycles. The van der Waals surface area contributed by atoms with Gasteiger partial charge >= 0.3 is 0 Å². The summed E-state index contributed by atoms with van der Waals surface area (Å²) in [6.07, 6.45) is 0. The maximum absolute atomic E-state index is 12.3. The third kappa shape index (κ3) is 2.61. The molecule has 2 aromatic carbocycles. The smallest absolute Gasteiger partial charge is 0.158 e. The average molecular weight is 304 g/mol. The monoisotopic (exact) mass is 304 g/mol. The third-order valence-corrected chi connectivity index (χ3v) is 5.17. The lowest BCUT2D eigenvalue weighted by Gasteiger charge is -2.11. The summed E-state index contributed by atoms with van der Waals surface area (Å²) < 4.78 is 35.0. The predicted molar refractivity (Wildman–Crippen MR) is 81.3 cm³/mol. The molecule has 3 rings (SSSR count). The van der Waals surface area contributed by atoms with Crippen LogP contribution >= 0.6 is 0 Å². The quantitative estimate of drug-likeness (QED) is 0.856. The first-order valence-electron chi connectivity index (χ1n) is 6.57. The Morgan fingerprint density at radius 2 is 1.24 bits per heavy atom. The molecule has 1 aliphatic rings. The van der Waals surface area contributed by atoms with Crippen molar-refractivity contribution in [1.29, 1.82) is 0 Å². The molecule has 1 aliphatic heterocycles. The van der Waals surface area contributed by atoms with Crippen molar-refractivity contribution in [3.05, 3.63) is 47.5 Å². The van der Waals surface area contributed by atoms with Crippen molar-refractivity contribution in [3.63, 3.8) is 0 Å². The van der Waals surface area contributed by atoms with Crippen molar-refractivity contribution in [3.8, 4) is 22.6 Å². The van der Waals surface area contributed by atoms with Gasteiger partial charge in [0, 0.05) is 0 Å². The molecule has 0 spiro atoms. The average Bonchev–Trinajstić information content (AvgIpc) is 2.57. The van der Waals surface area contributed by atoms with Crippen LogP contribution in [-0.4, -0.2) is 22.6 Å². The van der Waals surface area contributed by atoms with Gasteiger partial charge in [0.1, 0.15) is 11.5 Å². The SMILES string of the molecule is COc1ccc2c(c1)CS(=O)(=O)Cc1cc(OC)ccc1-2. The first kappa shape index (κ1) is 13.9. The number of rotatable bonds is 2. The summed E-state index contributed by atoms with van der Waals surface area (Å²) in [6.45, 7) is 0. The lowest BCUT2D eigenvalue weighted by atomic mass is 9.96. The Kier molecular flexibility index (Phi) is 3.37. The Morgan fingerprint density at radius 3 is 1.62 bits per heavy atom. The third-order valence-electron chi connectivity index (χ3n) is 3.67. The molecule has 2 aromatic rings. The van der Waals surface area contributed by atoms with Crippen molar-refractivity contribution >= 4 is 9.84 Å². The summed E-state index contributed by atoms with van der Waals surface area (Å²) in [7, 11) is -0.0568. The van der Waals surface area contributed by atoms with E-state index in [0.29, 0.717) is 11.5 Å². The van der Waals surface area contributed by atoms with E-state index in [1.165, 1.54) is 0 Å². The first-order valence-corrected chi connectivity index (χ1v) is 8.39. The molecule has 0 saturated heterocycles. The number of sulfone groups is 1. The number of benzene rings is 2. The Bertz CT molecular complexity index is 732. The van der Waals surface area contributed by atoms with Crippen LogP contribution in [0, 0.1) is 0 Å². The summed E-state index contributed by atoms with van der Waals surface area (Å²) in [6, 6.07) is 11.1. The summed E-state index contributed by atoms with van der Waals surface area (Å²) in [5, 5.41) is 0. The largest absolute Gasteiger partial charge is 0.497 e. The minimum absolute atomic E-state index is 0.0243. The molecule has 0 amide bonds. The van der Waals surface area contributed by atoms with Crippen LogP contribution in [-0.2, 0) is 21.3 Å². The van der Waals surface area contributed by atoms with Crippen LogP contribution < -0.4 is 9.47 Å². The number of hydrogen-bond acceptors (Lipinski definition) is 4. The first-order chi connectivity index (χ1) is 10.0. The van der Waals surface area contributed by atoms with Gasteiger partial charge in [-0.2, -0.15) is 0 Å². The maximum atomic E-state index is 12.3. The van der Waals surface area contributed by atoms with E-state index >= 15 is 0 Å². The van der Waals surface area contributed by atoms with E-state index in [1.807, 2.05) is 24.3 Å². The zero-order valence-electron chi connectivity index (χ0n) is 11.9. The lowest BCUT2D eigenvalue weighted by Crippen LogP contribution is -2.05. The summed E-state index contributed by atoms with van der Waals surface area (Å²) in [5.41, 5.74) is 3.43. The van der Waals surface area contributed by atoms with Crippen molar-refractivity contribution in [2.24, 2.45) is 0 Å². The zero-order chi connectivity index (χ0) is 15.0. The minimum Gasteiger partial charge on any atom is -0.497 e. The van der Waals surface area contributed by atoms with E-state index in [1.54, 1.807) is 26.4 Å². The van der Waals surface area contributed by atoms with Gasteiger partial charge in [-0.3, -0.25) is 0 Å². The Morgan fingerprint density at radius 1 is 0.810 bits per heavy atom. The highest BCUT2D eigenvalue weighted by Gasteiger charge is 2.24. The molecule has 0 unspecified atom stereocenters. The van der Waals surface area contributed by atoms with Crippen LogP contribution in [0.25, 0.3) is 11.1 Å². The van der Waals surface area contributed by atoms with Crippen LogP contribution in [0.15, 0.2) is 36.4 Å². The zero-order valence-corrected chi connectivity index (χ0v) is 12.7. The second kappa shape index (κ2) is 5.07. The summed E-state index contributed by atoms with van der Waals surface area (Å²) >= 11 is 0. The molecule has 0 radical (unpaired) electrons. The molecule has 0 atom stereocenters. The second-order valence-electron chi connectivity index (χ2n) is 5.08. The van der Waals surface area contributed by atoms with Crippen LogP contribution in [0.3, 0.4) is 0 Å². The van der Waals surface area contributed by atoms with Gasteiger partial charge < -0.3 is 9.47 Å². The van der Waals surface area contributed by atoms with Gasteiger partial charge in [0.15, 0.2) is 9.84 Å². The van der Waals surface area contributed by atoms with E-state index in [0.717, 1.165) is 22.3 Å². The Labute approximate surface area is 124 Å². The highest BCUT2D eigenvalue weighted by Crippen LogP contribution is 2.37. The number of methoxy groups -OCH3 is 2. The van der Waals surface area contributed by atoms with E-state index in [-0.39, 0.29) is 11.5 Å². The molecule has 0 fully saturated rings. The van der Waals surface area contributed by atoms with E-state index in [9.17, 15) is 8.42 Å². The fraction of sp³-hybridized carbons (Fsp3) is 0.250. The van der Waals surface area contributed by atoms with E-state index < -0.39 is 9.84 Å². The normalized spacial score (nSPS) is 15.5. The molecule has 0 saturated carbocycles. The summed E-state index contributed by atoms with van der Waals surface area (Å²) in [4.78, 5) is 0. The van der Waals surface area contributed by atoms with Crippen molar-refractivity contribution < 1.29 is 17.9 Å². The molecule has 110 valence electrons. The van der Waals surface area contributed by atoms with Crippen molar-refractivity contribution in [2.75, 3.05) is 14.2 Å². The van der Waals surface area contributed by atoms with Gasteiger partial charge in [0.25, 0.3) is 0 Å². The van der Waals surface area contributed by atoms with E-state index in [4.69, 9.17) is 9.47 Å². The second-order valence-corrected chi connectivity index (χ2v) is 7.14. The van der Waals surface area contributed by atoms with Crippen LogP contribution in [0.2, 0.25) is 0 Å². The fourth-order valence-electron chi connectivity index (χ4n) is 2.68. The Hall–Kier alpha value is -2.01. The van der Waals surface area contributed by atoms with Crippen molar-refractivity contribution in [2.45, 2.75) is 11.5 Å². The number of hydrogen-bond donors (Lipinski definition) is 0. The topological polar surface area (TPSA) is 52.6 Å². The maximum Gasteiger partial charge on any atom is 0.158 e. The molecule has 4 nitrogen and oxygen atoms in total. The van der Waals surface area contributed by atoms with Crippen molar-refractivity contribution in [1.82, 2.24) is 0 Å². The standard InChI is InChI=1S/C16H16O4S/c1-19-13-3-5-15-11(7-13)9-21(17,18)10-12-8-14(20-2)4-6-16(12)15/h3-8H,9-10H2,1-2H3. The minimum atomic E-state index is -3.21. The lowest BCUT2D eigenvalue weighted by molar-refractivity contribution is 0.414. The molecule has 0 bridgehead atoms. The Balaban J connectivity index is 2.26. The molecule has 1 heterocycles. The van der Waals surface area contributed by atoms with Gasteiger partial charge in [-0.15, -0.1) is 0 Å². The molecule has 0 N–H and O–H groups in total. The highest BCUT2D eigenvalue weighted by molar-refractivity contribution is 7.89.